The second-order valence-corrected chi connectivity index (χ2v) is 6.75. The fourth-order valence-electron chi connectivity index (χ4n) is 3.05. The number of rotatable bonds is 5. The molecule has 0 unspecified atom stereocenters. The normalized spacial score (nSPS) is 20.5. The third kappa shape index (κ3) is 4.20. The number of carbonyl (C=O) groups excluding carboxylic acids is 1. The number of likely N-dealkylation sites (tertiary alicyclic amines) is 1. The van der Waals surface area contributed by atoms with Crippen molar-refractivity contribution in [2.24, 2.45) is 0 Å². The Morgan fingerprint density at radius 2 is 2.04 bits per heavy atom. The van der Waals surface area contributed by atoms with Crippen molar-refractivity contribution in [2.45, 2.75) is 39.0 Å². The Bertz CT molecular complexity index is 744. The number of ether oxygens (including phenoxy) is 1. The number of anilines is 1. The van der Waals surface area contributed by atoms with Crippen LogP contribution in [0, 0.1) is 6.92 Å². The maximum atomic E-state index is 12.3. The molecule has 2 atom stereocenters. The van der Waals surface area contributed by atoms with Gasteiger partial charge in [0.25, 0.3) is 5.89 Å². The van der Waals surface area contributed by atoms with Crippen LogP contribution in [-0.4, -0.2) is 59.5 Å². The average Bonchev–Trinajstić information content (AvgIpc) is 3.22. The third-order valence-electron chi connectivity index (χ3n) is 4.56. The van der Waals surface area contributed by atoms with Crippen LogP contribution in [0.1, 0.15) is 19.7 Å². The van der Waals surface area contributed by atoms with E-state index in [0.717, 1.165) is 18.7 Å². The molecule has 1 fully saturated rings. The maximum absolute atomic E-state index is 12.3. The molecule has 2 heterocycles. The zero-order valence-electron chi connectivity index (χ0n) is 15.5. The van der Waals surface area contributed by atoms with E-state index in [2.05, 4.69) is 39.5 Å². The van der Waals surface area contributed by atoms with E-state index in [9.17, 15) is 4.79 Å². The van der Waals surface area contributed by atoms with Crippen LogP contribution >= 0.6 is 0 Å². The largest absolute Gasteiger partial charge is 0.378 e. The Hall–Kier alpha value is -2.45. The van der Waals surface area contributed by atoms with Gasteiger partial charge in [-0.15, -0.1) is 0 Å². The molecule has 2 amide bonds. The molecular weight excluding hydrogens is 334 g/mol. The molecule has 140 valence electrons. The van der Waals surface area contributed by atoms with Crippen LogP contribution < -0.4 is 10.6 Å². The van der Waals surface area contributed by atoms with Gasteiger partial charge in [0.1, 0.15) is 0 Å². The van der Waals surface area contributed by atoms with Crippen molar-refractivity contribution in [3.63, 3.8) is 0 Å². The molecule has 3 rings (SSSR count). The molecule has 1 aliphatic heterocycles. The van der Waals surface area contributed by atoms with Crippen LogP contribution in [-0.2, 0) is 4.74 Å². The minimum atomic E-state index is -0.246. The summed E-state index contributed by atoms with van der Waals surface area (Å²) in [6, 6.07) is 7.40. The molecule has 2 aromatic rings. The van der Waals surface area contributed by atoms with Crippen molar-refractivity contribution in [1.82, 2.24) is 20.4 Å². The SMILES string of the molecule is CO[C@@H]1CN(C(C)C)C[C@H]1NC(=O)Nc1ccc(-c2nc(C)no2)cc1. The summed E-state index contributed by atoms with van der Waals surface area (Å²) in [5.41, 5.74) is 1.49. The summed E-state index contributed by atoms with van der Waals surface area (Å²) >= 11 is 0. The van der Waals surface area contributed by atoms with Gasteiger partial charge < -0.3 is 19.9 Å². The number of hydrogen-bond donors (Lipinski definition) is 2. The minimum Gasteiger partial charge on any atom is -0.378 e. The lowest BCUT2D eigenvalue weighted by Crippen LogP contribution is -2.45. The number of carbonyl (C=O) groups is 1. The maximum Gasteiger partial charge on any atom is 0.319 e. The molecule has 8 nitrogen and oxygen atoms in total. The van der Waals surface area contributed by atoms with Gasteiger partial charge in [-0.25, -0.2) is 4.79 Å². The van der Waals surface area contributed by atoms with Gasteiger partial charge in [-0.1, -0.05) is 5.16 Å². The average molecular weight is 359 g/mol. The van der Waals surface area contributed by atoms with Crippen molar-refractivity contribution < 1.29 is 14.1 Å². The zero-order chi connectivity index (χ0) is 18.7. The summed E-state index contributed by atoms with van der Waals surface area (Å²) in [4.78, 5) is 18.8. The van der Waals surface area contributed by atoms with Crippen molar-refractivity contribution in [3.05, 3.63) is 30.1 Å². The fraction of sp³-hybridized carbons (Fsp3) is 0.500. The minimum absolute atomic E-state index is 0.00806. The van der Waals surface area contributed by atoms with Crippen molar-refractivity contribution in [2.75, 3.05) is 25.5 Å². The van der Waals surface area contributed by atoms with Gasteiger partial charge in [-0.2, -0.15) is 4.98 Å². The molecule has 1 saturated heterocycles. The standard InChI is InChI=1S/C18H25N5O3/c1-11(2)23-9-15(16(10-23)25-4)21-18(24)20-14-7-5-13(6-8-14)17-19-12(3)22-26-17/h5-8,11,15-16H,9-10H2,1-4H3,(H2,20,21,24)/t15-,16-/m1/s1. The molecule has 0 bridgehead atoms. The first kappa shape index (κ1) is 18.3. The highest BCUT2D eigenvalue weighted by Crippen LogP contribution is 2.20. The molecule has 8 heteroatoms. The number of aryl methyl sites for hydroxylation is 1. The first-order valence-electron chi connectivity index (χ1n) is 8.71. The summed E-state index contributed by atoms with van der Waals surface area (Å²) in [7, 11) is 1.68. The van der Waals surface area contributed by atoms with Crippen molar-refractivity contribution >= 4 is 11.7 Å². The molecule has 0 spiro atoms. The number of benzene rings is 1. The molecule has 1 aliphatic rings. The van der Waals surface area contributed by atoms with Crippen molar-refractivity contribution in [1.29, 1.82) is 0 Å². The highest BCUT2D eigenvalue weighted by atomic mass is 16.5. The Balaban J connectivity index is 1.58. The Morgan fingerprint density at radius 1 is 1.31 bits per heavy atom. The highest BCUT2D eigenvalue weighted by molar-refractivity contribution is 5.89. The lowest BCUT2D eigenvalue weighted by atomic mass is 10.2. The van der Waals surface area contributed by atoms with Crippen LogP contribution in [0.2, 0.25) is 0 Å². The number of hydrogen-bond acceptors (Lipinski definition) is 6. The molecule has 1 aromatic carbocycles. The fourth-order valence-corrected chi connectivity index (χ4v) is 3.05. The Labute approximate surface area is 152 Å². The summed E-state index contributed by atoms with van der Waals surface area (Å²) in [5.74, 6) is 1.04. The predicted octanol–water partition coefficient (Wildman–Crippen LogP) is 2.27. The highest BCUT2D eigenvalue weighted by Gasteiger charge is 2.34. The van der Waals surface area contributed by atoms with Crippen LogP contribution in [0.3, 0.4) is 0 Å². The van der Waals surface area contributed by atoms with Gasteiger partial charge in [-0.3, -0.25) is 4.90 Å². The molecule has 2 N–H and O–H groups in total. The van der Waals surface area contributed by atoms with E-state index in [1.54, 1.807) is 26.2 Å². The Morgan fingerprint density at radius 3 is 2.62 bits per heavy atom. The number of nitrogens with one attached hydrogen (secondary N) is 2. The number of amides is 2. The van der Waals surface area contributed by atoms with Crippen LogP contribution in [0.4, 0.5) is 10.5 Å². The quantitative estimate of drug-likeness (QED) is 0.851. The molecular formula is C18H25N5O3. The van der Waals surface area contributed by atoms with Crippen LogP contribution in [0.25, 0.3) is 11.5 Å². The summed E-state index contributed by atoms with van der Waals surface area (Å²) in [6.45, 7) is 7.64. The van der Waals surface area contributed by atoms with E-state index in [0.29, 0.717) is 23.4 Å². The van der Waals surface area contributed by atoms with Gasteiger partial charge in [0.05, 0.1) is 12.1 Å². The number of urea groups is 1. The van der Waals surface area contributed by atoms with Crippen LogP contribution in [0.15, 0.2) is 28.8 Å². The van der Waals surface area contributed by atoms with Gasteiger partial charge >= 0.3 is 6.03 Å². The van der Waals surface area contributed by atoms with E-state index >= 15 is 0 Å². The Kier molecular flexibility index (Phi) is 5.53. The van der Waals surface area contributed by atoms with Gasteiger partial charge in [0.15, 0.2) is 5.82 Å². The number of nitrogens with zero attached hydrogens (tertiary/aromatic N) is 3. The van der Waals surface area contributed by atoms with E-state index in [4.69, 9.17) is 9.26 Å². The van der Waals surface area contributed by atoms with Crippen molar-refractivity contribution in [3.8, 4) is 11.5 Å². The number of aromatic nitrogens is 2. The van der Waals surface area contributed by atoms with E-state index in [1.807, 2.05) is 12.1 Å². The van der Waals surface area contributed by atoms with Crippen LogP contribution in [0.5, 0.6) is 0 Å². The lowest BCUT2D eigenvalue weighted by Gasteiger charge is -2.20. The van der Waals surface area contributed by atoms with E-state index in [1.165, 1.54) is 0 Å². The van der Waals surface area contributed by atoms with E-state index < -0.39 is 0 Å². The third-order valence-corrected chi connectivity index (χ3v) is 4.56. The smallest absolute Gasteiger partial charge is 0.319 e. The molecule has 26 heavy (non-hydrogen) atoms. The first-order chi connectivity index (χ1) is 12.5. The molecule has 1 aromatic heterocycles. The number of methoxy groups -OCH3 is 1. The van der Waals surface area contributed by atoms with Gasteiger partial charge in [0.2, 0.25) is 0 Å². The topological polar surface area (TPSA) is 92.5 Å². The summed E-state index contributed by atoms with van der Waals surface area (Å²) in [6.07, 6.45) is -0.00806. The second kappa shape index (κ2) is 7.84. The zero-order valence-corrected chi connectivity index (χ0v) is 15.5. The summed E-state index contributed by atoms with van der Waals surface area (Å²) in [5, 5.41) is 9.63. The first-order valence-corrected chi connectivity index (χ1v) is 8.71. The monoisotopic (exact) mass is 359 g/mol. The molecule has 0 saturated carbocycles. The molecule has 0 radical (unpaired) electrons. The molecule has 0 aliphatic carbocycles. The van der Waals surface area contributed by atoms with E-state index in [-0.39, 0.29) is 18.2 Å². The van der Waals surface area contributed by atoms with Gasteiger partial charge in [-0.05, 0) is 45.0 Å². The second-order valence-electron chi connectivity index (χ2n) is 6.75. The lowest BCUT2D eigenvalue weighted by molar-refractivity contribution is 0.0896. The predicted molar refractivity (Wildman–Crippen MR) is 97.9 cm³/mol. The summed E-state index contributed by atoms with van der Waals surface area (Å²) < 4.78 is 10.6. The van der Waals surface area contributed by atoms with Gasteiger partial charge in [0, 0.05) is 37.5 Å².